The van der Waals surface area contributed by atoms with Crippen LogP contribution < -0.4 is 21.1 Å². The molecule has 0 spiro atoms. The number of likely N-dealkylation sites (tertiary alicyclic amines) is 1. The minimum Gasteiger partial charge on any atom is -0.481 e. The number of carbonyl (C=O) groups is 2. The van der Waals surface area contributed by atoms with Crippen LogP contribution in [-0.2, 0) is 27.8 Å². The van der Waals surface area contributed by atoms with Gasteiger partial charge in [-0.3, -0.25) is 13.9 Å². The van der Waals surface area contributed by atoms with Crippen LogP contribution in [0.1, 0.15) is 119 Å². The number of amides is 1. The summed E-state index contributed by atoms with van der Waals surface area (Å²) in [5.74, 6) is 1.50. The molecule has 60 heavy (non-hydrogen) atoms. The van der Waals surface area contributed by atoms with Gasteiger partial charge in [0.1, 0.15) is 11.9 Å². The second kappa shape index (κ2) is 20.9. The molecule has 0 radical (unpaired) electrons. The van der Waals surface area contributed by atoms with Crippen LogP contribution >= 0.6 is 0 Å². The third-order valence-corrected chi connectivity index (χ3v) is 12.7. The lowest BCUT2D eigenvalue weighted by atomic mass is 9.89. The first kappa shape index (κ1) is 43.0. The number of ether oxygens (including phenoxy) is 2. The van der Waals surface area contributed by atoms with E-state index in [1.165, 1.54) is 53.2 Å². The SMILES string of the molecule is CNC(=O)CCC(C=O)n1c(=O)n(C)c2cc(CCCCCOCCCCN3CCC(c4cn(C5CCCCC5)c5nc(Nc6ccnc(OC)c6)ncc45)CC3)ccc21. The maximum Gasteiger partial charge on any atom is 0.329 e. The van der Waals surface area contributed by atoms with Gasteiger partial charge in [-0.2, -0.15) is 4.98 Å². The predicted molar refractivity (Wildman–Crippen MR) is 235 cm³/mol. The van der Waals surface area contributed by atoms with E-state index in [9.17, 15) is 14.4 Å². The summed E-state index contributed by atoms with van der Waals surface area (Å²) < 4.78 is 16.9. The first-order valence-electron chi connectivity index (χ1n) is 22.2. The van der Waals surface area contributed by atoms with Crippen molar-refractivity contribution in [3.8, 4) is 5.88 Å². The number of aryl methyl sites for hydroxylation is 2. The molecule has 1 atom stereocenters. The lowest BCUT2D eigenvalue weighted by Gasteiger charge is -2.32. The highest BCUT2D eigenvalue weighted by atomic mass is 16.5. The van der Waals surface area contributed by atoms with Gasteiger partial charge in [0.15, 0.2) is 0 Å². The number of hydrogen-bond acceptors (Lipinski definition) is 10. The summed E-state index contributed by atoms with van der Waals surface area (Å²) in [5.41, 5.74) is 5.74. The van der Waals surface area contributed by atoms with Crippen molar-refractivity contribution in [2.24, 2.45) is 7.05 Å². The first-order valence-corrected chi connectivity index (χ1v) is 22.2. The van der Waals surface area contributed by atoms with E-state index in [-0.39, 0.29) is 24.4 Å². The molecular formula is C46H63N9O5. The van der Waals surface area contributed by atoms with E-state index in [2.05, 4.69) is 37.3 Å². The minimum absolute atomic E-state index is 0.151. The number of fused-ring (bicyclic) bond motifs is 2. The van der Waals surface area contributed by atoms with Gasteiger partial charge in [-0.15, -0.1) is 0 Å². The molecule has 1 aromatic carbocycles. The Balaban J connectivity index is 0.813. The number of carbonyl (C=O) groups excluding carboxylic acids is 2. The number of aromatic nitrogens is 6. The highest BCUT2D eigenvalue weighted by molar-refractivity contribution is 5.82. The maximum absolute atomic E-state index is 13.1. The van der Waals surface area contributed by atoms with Crippen molar-refractivity contribution in [2.45, 2.75) is 114 Å². The normalized spacial score (nSPS) is 16.1. The highest BCUT2D eigenvalue weighted by Crippen LogP contribution is 2.38. The third kappa shape index (κ3) is 10.4. The molecule has 1 aliphatic heterocycles. The Morgan fingerprint density at radius 1 is 0.967 bits per heavy atom. The van der Waals surface area contributed by atoms with Crippen molar-refractivity contribution in [1.29, 1.82) is 0 Å². The predicted octanol–water partition coefficient (Wildman–Crippen LogP) is 7.39. The van der Waals surface area contributed by atoms with E-state index in [0.29, 0.717) is 23.8 Å². The van der Waals surface area contributed by atoms with Crippen LogP contribution in [0.5, 0.6) is 5.88 Å². The molecule has 5 heterocycles. The van der Waals surface area contributed by atoms with Crippen molar-refractivity contribution < 1.29 is 19.1 Å². The Morgan fingerprint density at radius 2 is 1.77 bits per heavy atom. The minimum atomic E-state index is -0.681. The molecule has 1 aliphatic carbocycles. The summed E-state index contributed by atoms with van der Waals surface area (Å²) in [4.78, 5) is 53.4. The van der Waals surface area contributed by atoms with Crippen molar-refractivity contribution in [3.05, 3.63) is 70.5 Å². The zero-order chi connectivity index (χ0) is 41.8. The van der Waals surface area contributed by atoms with Gasteiger partial charge in [0.2, 0.25) is 17.7 Å². The summed E-state index contributed by atoms with van der Waals surface area (Å²) in [6.45, 7) is 4.91. The summed E-state index contributed by atoms with van der Waals surface area (Å²) in [5, 5.41) is 7.13. The van der Waals surface area contributed by atoms with Gasteiger partial charge in [0, 0.05) is 75.5 Å². The van der Waals surface area contributed by atoms with Crippen LogP contribution in [0.3, 0.4) is 0 Å². The van der Waals surface area contributed by atoms with Crippen molar-refractivity contribution in [1.82, 2.24) is 38.9 Å². The number of piperidine rings is 1. The summed E-state index contributed by atoms with van der Waals surface area (Å²) in [6, 6.07) is 9.58. The van der Waals surface area contributed by atoms with Crippen LogP contribution in [0.2, 0.25) is 0 Å². The molecule has 7 rings (SSSR count). The second-order valence-corrected chi connectivity index (χ2v) is 16.6. The Hall–Kier alpha value is -5.08. The fourth-order valence-corrected chi connectivity index (χ4v) is 9.17. The molecule has 1 saturated carbocycles. The number of aldehydes is 1. The van der Waals surface area contributed by atoms with Gasteiger partial charge in [-0.05, 0) is 119 Å². The van der Waals surface area contributed by atoms with Gasteiger partial charge in [-0.25, -0.2) is 14.8 Å². The Kier molecular flexibility index (Phi) is 15.0. The maximum atomic E-state index is 13.1. The Labute approximate surface area is 353 Å². The molecule has 2 N–H and O–H groups in total. The summed E-state index contributed by atoms with van der Waals surface area (Å²) in [7, 11) is 4.92. The number of pyridine rings is 1. The van der Waals surface area contributed by atoms with E-state index in [0.717, 1.165) is 113 Å². The molecule has 5 aromatic rings. The van der Waals surface area contributed by atoms with Crippen molar-refractivity contribution >= 4 is 45.9 Å². The van der Waals surface area contributed by atoms with E-state index in [4.69, 9.17) is 19.4 Å². The number of imidazole rings is 1. The monoisotopic (exact) mass is 821 g/mol. The molecule has 14 nitrogen and oxygen atoms in total. The highest BCUT2D eigenvalue weighted by Gasteiger charge is 2.27. The average Bonchev–Trinajstić information content (AvgIpc) is 3.78. The van der Waals surface area contributed by atoms with Gasteiger partial charge < -0.3 is 34.4 Å². The van der Waals surface area contributed by atoms with Crippen LogP contribution in [0, 0.1) is 0 Å². The van der Waals surface area contributed by atoms with Gasteiger partial charge >= 0.3 is 5.69 Å². The lowest BCUT2D eigenvalue weighted by molar-refractivity contribution is -0.121. The fourth-order valence-electron chi connectivity index (χ4n) is 9.17. The zero-order valence-corrected chi connectivity index (χ0v) is 35.7. The van der Waals surface area contributed by atoms with Crippen LogP contribution in [0.4, 0.5) is 11.6 Å². The number of unbranched alkanes of at least 4 members (excludes halogenated alkanes) is 3. The van der Waals surface area contributed by atoms with Gasteiger partial charge in [0.05, 0.1) is 24.2 Å². The number of methoxy groups -OCH3 is 1. The van der Waals surface area contributed by atoms with Crippen molar-refractivity contribution in [3.63, 3.8) is 0 Å². The number of nitrogens with one attached hydrogen (secondary N) is 2. The van der Waals surface area contributed by atoms with Crippen molar-refractivity contribution in [2.75, 3.05) is 52.3 Å². The number of hydrogen-bond donors (Lipinski definition) is 2. The molecule has 1 amide bonds. The number of rotatable bonds is 21. The van der Waals surface area contributed by atoms with E-state index < -0.39 is 6.04 Å². The molecule has 1 unspecified atom stereocenters. The Bertz CT molecular complexity index is 2250. The number of anilines is 2. The standard InChI is InChI=1S/C46H63N9O5/c1-47-42(57)18-16-37(32-56)55-40-17-15-33(28-41(40)52(2)46(55)58)12-6-5-10-26-60-27-11-9-23-53-24-20-34(21-25-53)39-31-54(36-13-7-4-8-14-36)44-38(39)30-49-45(51-44)50-35-19-22-48-43(29-35)59-3/h15,17,19,22,28-32,34,36-37H,4-14,16,18,20-21,23-27H2,1-3H3,(H,47,57)(H,48,49,50,51). The molecule has 2 fully saturated rings. The third-order valence-electron chi connectivity index (χ3n) is 12.7. The molecular weight excluding hydrogens is 759 g/mol. The zero-order valence-electron chi connectivity index (χ0n) is 35.7. The second-order valence-electron chi connectivity index (χ2n) is 16.6. The van der Waals surface area contributed by atoms with Crippen LogP contribution in [0.15, 0.2) is 53.7 Å². The quantitative estimate of drug-likeness (QED) is 0.0567. The van der Waals surface area contributed by atoms with E-state index in [1.807, 2.05) is 30.5 Å². The molecule has 0 bridgehead atoms. The smallest absolute Gasteiger partial charge is 0.329 e. The lowest BCUT2D eigenvalue weighted by Crippen LogP contribution is -2.33. The van der Waals surface area contributed by atoms with Gasteiger partial charge in [0.25, 0.3) is 0 Å². The van der Waals surface area contributed by atoms with Crippen LogP contribution in [0.25, 0.3) is 22.1 Å². The first-order chi connectivity index (χ1) is 29.4. The Morgan fingerprint density at radius 3 is 2.53 bits per heavy atom. The van der Waals surface area contributed by atoms with Gasteiger partial charge in [-0.1, -0.05) is 31.7 Å². The molecule has 14 heteroatoms. The summed E-state index contributed by atoms with van der Waals surface area (Å²) in [6.07, 6.45) is 22.2. The summed E-state index contributed by atoms with van der Waals surface area (Å²) >= 11 is 0. The largest absolute Gasteiger partial charge is 0.481 e. The van der Waals surface area contributed by atoms with Crippen LogP contribution in [-0.4, -0.2) is 92.8 Å². The number of benzene rings is 1. The van der Waals surface area contributed by atoms with E-state index in [1.54, 1.807) is 32.0 Å². The fraction of sp³-hybridized carbons (Fsp3) is 0.565. The average molecular weight is 822 g/mol. The number of nitrogens with zero attached hydrogens (tertiary/aromatic N) is 7. The van der Waals surface area contributed by atoms with E-state index >= 15 is 0 Å². The topological polar surface area (TPSA) is 150 Å². The molecule has 1 saturated heterocycles. The molecule has 2 aliphatic rings. The molecule has 322 valence electrons. The molecule has 4 aromatic heterocycles.